The second kappa shape index (κ2) is 20.6. The summed E-state index contributed by atoms with van der Waals surface area (Å²) in [7, 11) is 0. The summed E-state index contributed by atoms with van der Waals surface area (Å²) in [6.07, 6.45) is 34.4. The van der Waals surface area contributed by atoms with Crippen molar-refractivity contribution in [3.05, 3.63) is 54.6 Å². The fourth-order valence-corrected chi connectivity index (χ4v) is 5.69. The van der Waals surface area contributed by atoms with Crippen LogP contribution >= 0.6 is 0 Å². The molecule has 0 aliphatic heterocycles. The lowest BCUT2D eigenvalue weighted by atomic mass is 9.84. The van der Waals surface area contributed by atoms with Crippen LogP contribution in [0.4, 0.5) is 0 Å². The van der Waals surface area contributed by atoms with Gasteiger partial charge in [0, 0.05) is 5.92 Å². The summed E-state index contributed by atoms with van der Waals surface area (Å²) in [5.41, 5.74) is 1.50. The van der Waals surface area contributed by atoms with Gasteiger partial charge in [-0.05, 0) is 31.2 Å². The van der Waals surface area contributed by atoms with E-state index in [1.807, 2.05) is 0 Å². The first kappa shape index (κ1) is 29.7. The molecule has 1 heterocycles. The third-order valence-electron chi connectivity index (χ3n) is 7.87. The van der Waals surface area contributed by atoms with Crippen LogP contribution in [0.15, 0.2) is 49.1 Å². The van der Waals surface area contributed by atoms with Crippen molar-refractivity contribution >= 4 is 0 Å². The Labute approximate surface area is 218 Å². The van der Waals surface area contributed by atoms with Gasteiger partial charge in [-0.15, -0.1) is 0 Å². The van der Waals surface area contributed by atoms with Crippen LogP contribution in [0.5, 0.6) is 0 Å². The number of imidazole rings is 1. The minimum Gasteiger partial charge on any atom is -0.250 e. The van der Waals surface area contributed by atoms with Gasteiger partial charge in [0.15, 0.2) is 0 Å². The minimum atomic E-state index is 0.607. The van der Waals surface area contributed by atoms with Gasteiger partial charge in [0.05, 0.1) is 0 Å². The van der Waals surface area contributed by atoms with Crippen LogP contribution in [-0.2, 0) is 6.42 Å². The molecule has 2 atom stereocenters. The maximum atomic E-state index is 3.33. The summed E-state index contributed by atoms with van der Waals surface area (Å²) < 4.78 is 2.49. The minimum absolute atomic E-state index is 0.607. The number of hydrogen-bond donors (Lipinski definition) is 1. The number of nitrogens with zero attached hydrogens (tertiary/aromatic N) is 1. The van der Waals surface area contributed by atoms with E-state index in [9.17, 15) is 0 Å². The number of aromatic amines is 1. The average molecular weight is 482 g/mol. The molecule has 0 amide bonds. The first-order valence-corrected chi connectivity index (χ1v) is 15.4. The molecule has 0 saturated heterocycles. The van der Waals surface area contributed by atoms with Crippen LogP contribution in [0, 0.1) is 5.92 Å². The van der Waals surface area contributed by atoms with Gasteiger partial charge in [-0.3, -0.25) is 4.98 Å². The van der Waals surface area contributed by atoms with Crippen LogP contribution in [0.25, 0.3) is 0 Å². The summed E-state index contributed by atoms with van der Waals surface area (Å²) in [5.74, 6) is 0.715. The molecule has 1 N–H and O–H groups in total. The highest BCUT2D eigenvalue weighted by atomic mass is 15.1. The molecule has 0 aliphatic rings. The predicted molar refractivity (Wildman–Crippen MR) is 153 cm³/mol. The molecule has 1 aromatic carbocycles. The molecule has 2 rings (SSSR count). The van der Waals surface area contributed by atoms with Gasteiger partial charge in [-0.25, -0.2) is 4.57 Å². The van der Waals surface area contributed by atoms with Crippen LogP contribution in [0.1, 0.15) is 147 Å². The molecule has 2 unspecified atom stereocenters. The van der Waals surface area contributed by atoms with E-state index in [1.54, 1.807) is 0 Å². The number of benzene rings is 1. The number of rotatable bonds is 23. The second-order valence-corrected chi connectivity index (χ2v) is 11.0. The van der Waals surface area contributed by atoms with Crippen LogP contribution in [-0.4, -0.2) is 4.98 Å². The van der Waals surface area contributed by atoms with Gasteiger partial charge < -0.3 is 0 Å². The first-order valence-electron chi connectivity index (χ1n) is 15.4. The summed E-state index contributed by atoms with van der Waals surface area (Å²) in [6, 6.07) is 11.8. The average Bonchev–Trinajstić information content (AvgIpc) is 3.42. The van der Waals surface area contributed by atoms with E-state index in [4.69, 9.17) is 0 Å². The van der Waals surface area contributed by atoms with E-state index >= 15 is 0 Å². The van der Waals surface area contributed by atoms with E-state index < -0.39 is 0 Å². The second-order valence-electron chi connectivity index (χ2n) is 11.0. The van der Waals surface area contributed by atoms with E-state index in [0.29, 0.717) is 12.0 Å². The van der Waals surface area contributed by atoms with E-state index in [2.05, 4.69) is 72.5 Å². The fourth-order valence-electron chi connectivity index (χ4n) is 5.69. The molecule has 2 aromatic rings. The molecule has 0 bridgehead atoms. The van der Waals surface area contributed by atoms with Gasteiger partial charge in [-0.2, -0.15) is 0 Å². The Kier molecular flexibility index (Phi) is 17.5. The number of H-pyrrole nitrogens is 1. The summed E-state index contributed by atoms with van der Waals surface area (Å²) in [4.78, 5) is 3.33. The van der Waals surface area contributed by atoms with Crippen molar-refractivity contribution in [1.29, 1.82) is 0 Å². The monoisotopic (exact) mass is 481 g/mol. The summed E-state index contributed by atoms with van der Waals surface area (Å²) >= 11 is 0. The Morgan fingerprint density at radius 3 is 1.66 bits per heavy atom. The zero-order chi connectivity index (χ0) is 24.8. The normalized spacial score (nSPS) is 13.2. The van der Waals surface area contributed by atoms with E-state index in [-0.39, 0.29) is 0 Å². The highest BCUT2D eigenvalue weighted by molar-refractivity contribution is 5.15. The Balaban J connectivity index is 1.81. The Bertz CT molecular complexity index is 678. The van der Waals surface area contributed by atoms with Crippen molar-refractivity contribution in [3.8, 4) is 0 Å². The molecule has 0 fully saturated rings. The van der Waals surface area contributed by atoms with Gasteiger partial charge in [-0.1, -0.05) is 147 Å². The zero-order valence-electron chi connectivity index (χ0n) is 23.4. The molecule has 198 valence electrons. The topological polar surface area (TPSA) is 19.7 Å². The van der Waals surface area contributed by atoms with E-state index in [0.717, 1.165) is 0 Å². The lowest BCUT2D eigenvalue weighted by Gasteiger charge is -2.25. The molecule has 35 heavy (non-hydrogen) atoms. The molecule has 1 aromatic heterocycles. The van der Waals surface area contributed by atoms with Crippen molar-refractivity contribution in [2.45, 2.75) is 148 Å². The van der Waals surface area contributed by atoms with Crippen molar-refractivity contribution in [2.24, 2.45) is 5.92 Å². The molecule has 0 saturated carbocycles. The zero-order valence-corrected chi connectivity index (χ0v) is 23.4. The molecule has 0 spiro atoms. The number of hydrogen-bond acceptors (Lipinski definition) is 0. The van der Waals surface area contributed by atoms with Crippen LogP contribution in [0.2, 0.25) is 0 Å². The SMILES string of the molecule is CCCCCCCCCCCCCC(C(CCCCCCCC)Cc1ccccc1)[n+]1cc[nH]c1. The third kappa shape index (κ3) is 13.9. The number of unbranched alkanes of at least 4 members (excludes halogenated alkanes) is 15. The Hall–Kier alpha value is -1.57. The lowest BCUT2D eigenvalue weighted by molar-refractivity contribution is -0.730. The van der Waals surface area contributed by atoms with E-state index in [1.165, 1.54) is 134 Å². The maximum absolute atomic E-state index is 3.33. The van der Waals surface area contributed by atoms with Crippen LogP contribution in [0.3, 0.4) is 0 Å². The first-order chi connectivity index (χ1) is 17.3. The summed E-state index contributed by atoms with van der Waals surface area (Å²) in [5, 5.41) is 0. The highest BCUT2D eigenvalue weighted by Crippen LogP contribution is 2.29. The van der Waals surface area contributed by atoms with Crippen molar-refractivity contribution < 1.29 is 4.57 Å². The van der Waals surface area contributed by atoms with Gasteiger partial charge in [0.2, 0.25) is 6.33 Å². The molecule has 0 radical (unpaired) electrons. The number of aromatic nitrogens is 2. The molecule has 2 heteroatoms. The maximum Gasteiger partial charge on any atom is 0.241 e. The van der Waals surface area contributed by atoms with Gasteiger partial charge in [0.25, 0.3) is 0 Å². The fraction of sp³-hybridized carbons (Fsp3) is 0.727. The number of nitrogens with one attached hydrogen (secondary N) is 1. The van der Waals surface area contributed by atoms with Crippen molar-refractivity contribution in [2.75, 3.05) is 0 Å². The van der Waals surface area contributed by atoms with Crippen molar-refractivity contribution in [1.82, 2.24) is 4.98 Å². The molecular weight excluding hydrogens is 424 g/mol. The van der Waals surface area contributed by atoms with Gasteiger partial charge >= 0.3 is 0 Å². The third-order valence-corrected chi connectivity index (χ3v) is 7.87. The summed E-state index contributed by atoms with van der Waals surface area (Å²) in [6.45, 7) is 4.61. The largest absolute Gasteiger partial charge is 0.250 e. The standard InChI is InChI=1S/C33H56N2/c1-3-5-7-9-11-12-13-14-15-17-22-26-33(35-28-27-34-30-35)32(25-21-16-10-8-6-4-2)29-31-23-19-18-20-24-31/h18-20,23-24,27-28,30,32-33H,3-17,21-22,25-26,29H2,1-2H3/p+1. The van der Waals surface area contributed by atoms with Gasteiger partial charge in [0.1, 0.15) is 18.4 Å². The highest BCUT2D eigenvalue weighted by Gasteiger charge is 2.26. The molecule has 2 nitrogen and oxygen atoms in total. The van der Waals surface area contributed by atoms with Crippen LogP contribution < -0.4 is 4.57 Å². The molecular formula is C33H57N2+. The predicted octanol–water partition coefficient (Wildman–Crippen LogP) is 10.2. The Morgan fingerprint density at radius 2 is 1.14 bits per heavy atom. The smallest absolute Gasteiger partial charge is 0.241 e. The lowest BCUT2D eigenvalue weighted by Crippen LogP contribution is -2.42. The van der Waals surface area contributed by atoms with Crippen molar-refractivity contribution in [3.63, 3.8) is 0 Å². The Morgan fingerprint density at radius 1 is 0.629 bits per heavy atom. The molecule has 0 aliphatic carbocycles. The quantitative estimate of drug-likeness (QED) is 0.120.